The van der Waals surface area contributed by atoms with Gasteiger partial charge in [0.1, 0.15) is 12.1 Å². The van der Waals surface area contributed by atoms with Gasteiger partial charge in [0, 0.05) is 31.6 Å². The molecule has 2 unspecified atom stereocenters. The van der Waals surface area contributed by atoms with Gasteiger partial charge in [0.2, 0.25) is 5.88 Å². The fourth-order valence-corrected chi connectivity index (χ4v) is 2.56. The number of hydrogen-bond acceptors (Lipinski definition) is 5. The lowest BCUT2D eigenvalue weighted by atomic mass is 10.0. The molecule has 0 bridgehead atoms. The maximum absolute atomic E-state index is 13.6. The lowest BCUT2D eigenvalue weighted by Crippen LogP contribution is -2.40. The molecule has 2 atom stereocenters. The van der Waals surface area contributed by atoms with Crippen molar-refractivity contribution in [2.24, 2.45) is 0 Å². The molecule has 26 heavy (non-hydrogen) atoms. The molecular formula is C16H19ClF4N4O. The molecule has 1 aliphatic rings. The van der Waals surface area contributed by atoms with Gasteiger partial charge in [0.15, 0.2) is 5.82 Å². The van der Waals surface area contributed by atoms with E-state index in [1.807, 2.05) is 24.2 Å². The second-order valence-electron chi connectivity index (χ2n) is 5.56. The van der Waals surface area contributed by atoms with Gasteiger partial charge in [-0.15, -0.1) is 0 Å². The highest BCUT2D eigenvalue weighted by atomic mass is 35.5. The number of likely N-dealkylation sites (N-methyl/N-ethyl adjacent to an activating group) is 2. The highest BCUT2D eigenvalue weighted by molar-refractivity contribution is 6.22. The molecule has 0 amide bonds. The van der Waals surface area contributed by atoms with Crippen LogP contribution in [0.4, 0.5) is 17.6 Å². The lowest BCUT2D eigenvalue weighted by Gasteiger charge is -2.32. The summed E-state index contributed by atoms with van der Waals surface area (Å²) < 4.78 is 56.1. The number of nitrogens with one attached hydrogen (secondary N) is 2. The molecule has 144 valence electrons. The standard InChI is InChI=1S/C16H19ClF4N4O/c1-22-13-3-5-25(2)14(17)11(13)9-23-4-6-26-15-12(18)7-10(8-24-15)16(19,20)21/h3,5,7-9,13-14,22-23H,4,6H2,1-2H3/b11-9+. The van der Waals surface area contributed by atoms with Crippen LogP contribution in [0, 0.1) is 5.82 Å². The van der Waals surface area contributed by atoms with Gasteiger partial charge >= 0.3 is 6.18 Å². The molecule has 1 aliphatic heterocycles. The van der Waals surface area contributed by atoms with E-state index in [-0.39, 0.29) is 18.1 Å². The summed E-state index contributed by atoms with van der Waals surface area (Å²) in [5, 5.41) is 6.10. The molecule has 2 rings (SSSR count). The Morgan fingerprint density at radius 1 is 1.42 bits per heavy atom. The fraction of sp³-hybridized carbons (Fsp3) is 0.438. The molecule has 0 radical (unpaired) electrons. The maximum Gasteiger partial charge on any atom is 0.417 e. The van der Waals surface area contributed by atoms with Gasteiger partial charge in [0.25, 0.3) is 0 Å². The third kappa shape index (κ3) is 5.01. The zero-order chi connectivity index (χ0) is 19.3. The van der Waals surface area contributed by atoms with E-state index in [1.165, 1.54) is 0 Å². The van der Waals surface area contributed by atoms with E-state index in [9.17, 15) is 17.6 Å². The molecule has 0 aromatic carbocycles. The highest BCUT2D eigenvalue weighted by Crippen LogP contribution is 2.30. The number of nitrogens with zero attached hydrogens (tertiary/aromatic N) is 2. The third-order valence-electron chi connectivity index (χ3n) is 3.71. The van der Waals surface area contributed by atoms with Crippen LogP contribution < -0.4 is 15.4 Å². The van der Waals surface area contributed by atoms with Crippen molar-refractivity contribution in [3.8, 4) is 5.88 Å². The number of aromatic nitrogens is 1. The van der Waals surface area contributed by atoms with Crippen LogP contribution in [0.3, 0.4) is 0 Å². The Hall–Kier alpha value is -2.00. The van der Waals surface area contributed by atoms with Crippen molar-refractivity contribution < 1.29 is 22.3 Å². The van der Waals surface area contributed by atoms with Gasteiger partial charge in [-0.1, -0.05) is 11.6 Å². The Labute approximate surface area is 153 Å². The first-order valence-corrected chi connectivity index (χ1v) is 8.18. The van der Waals surface area contributed by atoms with Gasteiger partial charge < -0.3 is 20.3 Å². The number of halogens is 5. The van der Waals surface area contributed by atoms with Gasteiger partial charge in [-0.05, 0) is 25.4 Å². The molecule has 1 aromatic heterocycles. The van der Waals surface area contributed by atoms with Gasteiger partial charge in [-0.3, -0.25) is 0 Å². The van der Waals surface area contributed by atoms with Crippen molar-refractivity contribution in [3.63, 3.8) is 0 Å². The van der Waals surface area contributed by atoms with Crippen molar-refractivity contribution in [3.05, 3.63) is 47.7 Å². The first-order chi connectivity index (χ1) is 12.2. The van der Waals surface area contributed by atoms with Gasteiger partial charge in [-0.25, -0.2) is 9.37 Å². The second kappa shape index (κ2) is 8.59. The third-order valence-corrected chi connectivity index (χ3v) is 4.26. The van der Waals surface area contributed by atoms with E-state index in [0.717, 1.165) is 5.57 Å². The zero-order valence-corrected chi connectivity index (χ0v) is 14.9. The van der Waals surface area contributed by atoms with E-state index in [2.05, 4.69) is 15.6 Å². The summed E-state index contributed by atoms with van der Waals surface area (Å²) in [7, 11) is 3.65. The quantitative estimate of drug-likeness (QED) is 0.336. The molecule has 2 heterocycles. The minimum atomic E-state index is -4.65. The van der Waals surface area contributed by atoms with Gasteiger partial charge in [0.05, 0.1) is 11.6 Å². The zero-order valence-electron chi connectivity index (χ0n) is 14.1. The molecule has 0 aliphatic carbocycles. The monoisotopic (exact) mass is 394 g/mol. The van der Waals surface area contributed by atoms with E-state index < -0.39 is 23.4 Å². The van der Waals surface area contributed by atoms with Crippen LogP contribution in [0.15, 0.2) is 36.3 Å². The number of alkyl halides is 4. The topological polar surface area (TPSA) is 49.4 Å². The molecule has 0 fully saturated rings. The van der Waals surface area contributed by atoms with Crippen molar-refractivity contribution in [1.29, 1.82) is 0 Å². The Kier molecular flexibility index (Phi) is 6.71. The molecule has 2 N–H and O–H groups in total. The lowest BCUT2D eigenvalue weighted by molar-refractivity contribution is -0.138. The van der Waals surface area contributed by atoms with Crippen molar-refractivity contribution in [1.82, 2.24) is 20.5 Å². The summed E-state index contributed by atoms with van der Waals surface area (Å²) in [5.74, 6) is -1.63. The molecule has 0 spiro atoms. The average Bonchev–Trinajstić information content (AvgIpc) is 2.58. The summed E-state index contributed by atoms with van der Waals surface area (Å²) in [6, 6.07) is 0.327. The molecule has 0 saturated carbocycles. The first-order valence-electron chi connectivity index (χ1n) is 7.74. The van der Waals surface area contributed by atoms with Crippen molar-refractivity contribution >= 4 is 11.6 Å². The van der Waals surface area contributed by atoms with Crippen LogP contribution in [0.2, 0.25) is 0 Å². The van der Waals surface area contributed by atoms with Crippen molar-refractivity contribution in [2.45, 2.75) is 17.7 Å². The summed E-state index contributed by atoms with van der Waals surface area (Å²) >= 11 is 6.33. The minimum absolute atomic E-state index is 0.0158. The van der Waals surface area contributed by atoms with E-state index in [1.54, 1.807) is 13.2 Å². The van der Waals surface area contributed by atoms with Crippen LogP contribution in [0.1, 0.15) is 5.56 Å². The number of pyridine rings is 1. The van der Waals surface area contributed by atoms with Crippen LogP contribution in [0.25, 0.3) is 0 Å². The Balaban J connectivity index is 1.88. The predicted octanol–water partition coefficient (Wildman–Crippen LogP) is 2.70. The van der Waals surface area contributed by atoms with Crippen LogP contribution >= 0.6 is 11.6 Å². The second-order valence-corrected chi connectivity index (χ2v) is 5.98. The molecule has 10 heteroatoms. The van der Waals surface area contributed by atoms with Gasteiger partial charge in [-0.2, -0.15) is 13.2 Å². The summed E-state index contributed by atoms with van der Waals surface area (Å²) in [5.41, 5.74) is -0.608. The number of ether oxygens (including phenoxy) is 1. The highest BCUT2D eigenvalue weighted by Gasteiger charge is 2.32. The largest absolute Gasteiger partial charge is 0.474 e. The molecular weight excluding hydrogens is 376 g/mol. The fourth-order valence-electron chi connectivity index (χ4n) is 2.30. The molecule has 0 saturated heterocycles. The summed E-state index contributed by atoms with van der Waals surface area (Å²) in [4.78, 5) is 5.21. The SMILES string of the molecule is CNC1C=CN(C)C(Cl)/C1=C/NCCOc1ncc(C(F)(F)F)cc1F. The van der Waals surface area contributed by atoms with Crippen LogP contribution in [-0.2, 0) is 6.18 Å². The molecule has 5 nitrogen and oxygen atoms in total. The minimum Gasteiger partial charge on any atom is -0.474 e. The average molecular weight is 395 g/mol. The molecule has 1 aromatic rings. The van der Waals surface area contributed by atoms with Crippen molar-refractivity contribution in [2.75, 3.05) is 27.2 Å². The smallest absolute Gasteiger partial charge is 0.417 e. The van der Waals surface area contributed by atoms with E-state index in [4.69, 9.17) is 16.3 Å². The van der Waals surface area contributed by atoms with Crippen LogP contribution in [-0.4, -0.2) is 48.7 Å². The Bertz CT molecular complexity index is 681. The normalized spacial score (nSPS) is 22.0. The Morgan fingerprint density at radius 2 is 2.15 bits per heavy atom. The first kappa shape index (κ1) is 20.3. The van der Waals surface area contributed by atoms with E-state index >= 15 is 0 Å². The number of rotatable bonds is 6. The Morgan fingerprint density at radius 3 is 2.77 bits per heavy atom. The summed E-state index contributed by atoms with van der Waals surface area (Å²) in [6.07, 6.45) is 1.44. The van der Waals surface area contributed by atoms with Crippen LogP contribution in [0.5, 0.6) is 5.88 Å². The summed E-state index contributed by atoms with van der Waals surface area (Å²) in [6.45, 7) is 0.307. The van der Waals surface area contributed by atoms with E-state index in [0.29, 0.717) is 18.8 Å². The predicted molar refractivity (Wildman–Crippen MR) is 90.2 cm³/mol. The number of hydrogen-bond donors (Lipinski definition) is 2. The maximum atomic E-state index is 13.6.